The molecule has 3 aliphatic rings. The summed E-state index contributed by atoms with van der Waals surface area (Å²) in [5.41, 5.74) is 1.14. The number of hydrogen-bond donors (Lipinski definition) is 1. The Morgan fingerprint density at radius 3 is 2.61 bits per heavy atom. The molecular weight excluding hydrogens is 401 g/mol. The van der Waals surface area contributed by atoms with Gasteiger partial charge in [-0.15, -0.1) is 0 Å². The molecule has 3 amide bonds. The van der Waals surface area contributed by atoms with Gasteiger partial charge in [0.25, 0.3) is 0 Å². The summed E-state index contributed by atoms with van der Waals surface area (Å²) in [5.74, 6) is 0.391. The first-order valence-corrected chi connectivity index (χ1v) is 11.2. The lowest BCUT2D eigenvalue weighted by molar-refractivity contribution is -0.139. The monoisotopic (exact) mass is 433 g/mol. The molecule has 0 radical (unpaired) electrons. The summed E-state index contributed by atoms with van der Waals surface area (Å²) < 4.78 is 24.3. The number of urea groups is 1. The Balaban J connectivity index is 1.34. The fraction of sp³-hybridized carbons (Fsp3) is 0.652. The number of hydrogen-bond acceptors (Lipinski definition) is 4. The molecule has 170 valence electrons. The van der Waals surface area contributed by atoms with Crippen LogP contribution in [0.5, 0.6) is 0 Å². The summed E-state index contributed by atoms with van der Waals surface area (Å²) in [7, 11) is 1.70. The zero-order chi connectivity index (χ0) is 21.8. The van der Waals surface area contributed by atoms with Gasteiger partial charge in [-0.1, -0.05) is 12.1 Å². The molecule has 3 fully saturated rings. The third kappa shape index (κ3) is 5.18. The first-order chi connectivity index (χ1) is 15.0. The number of benzene rings is 1. The van der Waals surface area contributed by atoms with Crippen molar-refractivity contribution in [3.63, 3.8) is 0 Å². The molecule has 3 unspecified atom stereocenters. The molecule has 0 aliphatic carbocycles. The summed E-state index contributed by atoms with van der Waals surface area (Å²) in [6.45, 7) is 3.35. The molecule has 3 heterocycles. The van der Waals surface area contributed by atoms with E-state index in [0.29, 0.717) is 44.6 Å². The van der Waals surface area contributed by atoms with Crippen molar-refractivity contribution < 1.29 is 23.5 Å². The second-order valence-corrected chi connectivity index (χ2v) is 8.80. The number of nitrogens with one attached hydrogen (secondary N) is 1. The van der Waals surface area contributed by atoms with Crippen molar-refractivity contribution >= 4 is 11.9 Å². The summed E-state index contributed by atoms with van der Waals surface area (Å²) in [6.07, 6.45) is 3.46. The molecular formula is C23H32FN3O4. The van der Waals surface area contributed by atoms with Crippen LogP contribution in [-0.2, 0) is 14.3 Å². The average molecular weight is 434 g/mol. The molecule has 31 heavy (non-hydrogen) atoms. The number of piperidine rings is 2. The van der Waals surface area contributed by atoms with Crippen molar-refractivity contribution in [2.24, 2.45) is 5.92 Å². The molecule has 7 nitrogen and oxygen atoms in total. The molecule has 0 bridgehead atoms. The Morgan fingerprint density at radius 2 is 1.90 bits per heavy atom. The summed E-state index contributed by atoms with van der Waals surface area (Å²) in [5, 5.41) is 2.95. The molecule has 4 rings (SSSR count). The van der Waals surface area contributed by atoms with Gasteiger partial charge in [0.2, 0.25) is 5.91 Å². The minimum Gasteiger partial charge on any atom is -0.385 e. The van der Waals surface area contributed by atoms with Crippen molar-refractivity contribution in [3.8, 4) is 0 Å². The molecule has 3 atom stereocenters. The summed E-state index contributed by atoms with van der Waals surface area (Å²) >= 11 is 0. The number of nitrogens with zero attached hydrogens (tertiary/aromatic N) is 2. The minimum atomic E-state index is -0.224. The minimum absolute atomic E-state index is 0.00439. The smallest absolute Gasteiger partial charge is 0.320 e. The summed E-state index contributed by atoms with van der Waals surface area (Å²) in [4.78, 5) is 28.5. The van der Waals surface area contributed by atoms with Gasteiger partial charge in [-0.05, 0) is 55.2 Å². The van der Waals surface area contributed by atoms with E-state index in [0.717, 1.165) is 31.2 Å². The van der Waals surface area contributed by atoms with Crippen molar-refractivity contribution in [2.45, 2.75) is 43.7 Å². The highest BCUT2D eigenvalue weighted by Gasteiger charge is 2.38. The van der Waals surface area contributed by atoms with Crippen LogP contribution in [-0.4, -0.2) is 80.4 Å². The number of rotatable bonds is 5. The van der Waals surface area contributed by atoms with Crippen LogP contribution in [0.15, 0.2) is 24.3 Å². The number of fused-ring (bicyclic) bond motifs is 1. The maximum absolute atomic E-state index is 13.4. The standard InChI is InChI=1S/C23H32FN3O4/c1-30-13-9-19(16-2-4-18(24)5-3-16)17-6-10-26(11-7-17)23(29)27-12-8-21-20(14-27)25-22(28)15-31-21/h2-5,17,19-21H,6-15H2,1H3,(H,25,28). The molecule has 8 heteroatoms. The van der Waals surface area contributed by atoms with Crippen LogP contribution in [0.3, 0.4) is 0 Å². The highest BCUT2D eigenvalue weighted by atomic mass is 19.1. The molecule has 1 aromatic rings. The van der Waals surface area contributed by atoms with E-state index in [9.17, 15) is 14.0 Å². The highest BCUT2D eigenvalue weighted by Crippen LogP contribution is 2.36. The molecule has 0 saturated carbocycles. The highest BCUT2D eigenvalue weighted by molar-refractivity contribution is 5.79. The summed E-state index contributed by atoms with van der Waals surface area (Å²) in [6, 6.07) is 6.71. The van der Waals surface area contributed by atoms with Crippen LogP contribution in [0.4, 0.5) is 9.18 Å². The maximum Gasteiger partial charge on any atom is 0.320 e. The Kier molecular flexibility index (Phi) is 7.07. The van der Waals surface area contributed by atoms with Crippen LogP contribution in [0, 0.1) is 11.7 Å². The van der Waals surface area contributed by atoms with Gasteiger partial charge in [-0.2, -0.15) is 0 Å². The predicted molar refractivity (Wildman–Crippen MR) is 113 cm³/mol. The molecule has 3 saturated heterocycles. The number of carbonyl (C=O) groups is 2. The molecule has 0 spiro atoms. The van der Waals surface area contributed by atoms with E-state index < -0.39 is 0 Å². The zero-order valence-electron chi connectivity index (χ0n) is 18.1. The molecule has 1 N–H and O–H groups in total. The van der Waals surface area contributed by atoms with Crippen molar-refractivity contribution in [1.82, 2.24) is 15.1 Å². The number of likely N-dealkylation sites (tertiary alicyclic amines) is 2. The molecule has 3 aliphatic heterocycles. The number of methoxy groups -OCH3 is 1. The van der Waals surface area contributed by atoms with Crippen LogP contribution < -0.4 is 5.32 Å². The normalized spacial score (nSPS) is 25.7. The zero-order valence-corrected chi connectivity index (χ0v) is 18.1. The van der Waals surface area contributed by atoms with Crippen molar-refractivity contribution in [1.29, 1.82) is 0 Å². The van der Waals surface area contributed by atoms with E-state index in [-0.39, 0.29) is 36.5 Å². The Bertz CT molecular complexity index is 767. The van der Waals surface area contributed by atoms with Gasteiger partial charge >= 0.3 is 6.03 Å². The van der Waals surface area contributed by atoms with Crippen molar-refractivity contribution in [2.75, 3.05) is 46.5 Å². The Morgan fingerprint density at radius 1 is 1.19 bits per heavy atom. The van der Waals surface area contributed by atoms with E-state index in [1.54, 1.807) is 7.11 Å². The third-order valence-electron chi connectivity index (χ3n) is 6.91. The van der Waals surface area contributed by atoms with Crippen LogP contribution in [0.2, 0.25) is 0 Å². The quantitative estimate of drug-likeness (QED) is 0.774. The first-order valence-electron chi connectivity index (χ1n) is 11.2. The fourth-order valence-corrected chi connectivity index (χ4v) is 5.20. The van der Waals surface area contributed by atoms with Crippen LogP contribution in [0.25, 0.3) is 0 Å². The van der Waals surface area contributed by atoms with Crippen molar-refractivity contribution in [3.05, 3.63) is 35.6 Å². The van der Waals surface area contributed by atoms with E-state index in [1.165, 1.54) is 12.1 Å². The lowest BCUT2D eigenvalue weighted by atomic mass is 9.78. The van der Waals surface area contributed by atoms with Gasteiger partial charge in [0.1, 0.15) is 12.4 Å². The molecule has 1 aromatic carbocycles. The first kappa shape index (κ1) is 22.0. The van der Waals surface area contributed by atoms with E-state index in [2.05, 4.69) is 5.32 Å². The van der Waals surface area contributed by atoms with Crippen LogP contribution >= 0.6 is 0 Å². The van der Waals surface area contributed by atoms with Gasteiger partial charge in [0.15, 0.2) is 0 Å². The SMILES string of the molecule is COCCC(c1ccc(F)cc1)C1CCN(C(=O)N2CCC3OCC(=O)NC3C2)CC1. The van der Waals surface area contributed by atoms with Gasteiger partial charge < -0.3 is 24.6 Å². The molecule has 0 aromatic heterocycles. The third-order valence-corrected chi connectivity index (χ3v) is 6.91. The number of amides is 3. The van der Waals surface area contributed by atoms with Gasteiger partial charge in [-0.3, -0.25) is 4.79 Å². The second-order valence-electron chi connectivity index (χ2n) is 8.80. The Hall–Kier alpha value is -2.19. The fourth-order valence-electron chi connectivity index (χ4n) is 5.20. The van der Waals surface area contributed by atoms with Gasteiger partial charge in [0, 0.05) is 39.9 Å². The second kappa shape index (κ2) is 9.96. The predicted octanol–water partition coefficient (Wildman–Crippen LogP) is 2.37. The topological polar surface area (TPSA) is 71.1 Å². The number of ether oxygens (including phenoxy) is 2. The van der Waals surface area contributed by atoms with Gasteiger partial charge in [0.05, 0.1) is 12.1 Å². The van der Waals surface area contributed by atoms with E-state index in [1.807, 2.05) is 21.9 Å². The lowest BCUT2D eigenvalue weighted by Crippen LogP contribution is -2.62. The Labute approximate surface area is 182 Å². The maximum atomic E-state index is 13.4. The largest absolute Gasteiger partial charge is 0.385 e. The average Bonchev–Trinajstić information content (AvgIpc) is 2.80. The lowest BCUT2D eigenvalue weighted by Gasteiger charge is -2.44. The van der Waals surface area contributed by atoms with E-state index >= 15 is 0 Å². The van der Waals surface area contributed by atoms with Crippen LogP contribution in [0.1, 0.15) is 37.2 Å². The van der Waals surface area contributed by atoms with E-state index in [4.69, 9.17) is 9.47 Å². The number of morpholine rings is 1. The number of carbonyl (C=O) groups excluding carboxylic acids is 2. The number of halogens is 1. The van der Waals surface area contributed by atoms with Gasteiger partial charge in [-0.25, -0.2) is 9.18 Å².